The molecule has 0 radical (unpaired) electrons. The minimum Gasteiger partial charge on any atom is -0.399 e. The van der Waals surface area contributed by atoms with Crippen LogP contribution in [0.2, 0.25) is 0 Å². The first-order chi connectivity index (χ1) is 8.08. The first-order valence-corrected chi connectivity index (χ1v) is 5.53. The Labute approximate surface area is 102 Å². The summed E-state index contributed by atoms with van der Waals surface area (Å²) in [4.78, 5) is 11.4. The van der Waals surface area contributed by atoms with Gasteiger partial charge in [0.1, 0.15) is 0 Å². The number of nitrogen functional groups attached to an aromatic ring is 1. The second kappa shape index (κ2) is 6.53. The van der Waals surface area contributed by atoms with Crippen LogP contribution in [-0.2, 0) is 4.79 Å². The molecule has 0 aliphatic rings. The van der Waals surface area contributed by atoms with Crippen LogP contribution < -0.4 is 11.1 Å². The fourth-order valence-electron chi connectivity index (χ4n) is 1.25. The third-order valence-electron chi connectivity index (χ3n) is 2.12. The van der Waals surface area contributed by atoms with Gasteiger partial charge < -0.3 is 11.1 Å². The van der Waals surface area contributed by atoms with Crippen molar-refractivity contribution in [2.45, 2.75) is 13.8 Å². The Balaban J connectivity index is 2.48. The molecule has 1 rings (SSSR count). The first kappa shape index (κ1) is 13.0. The number of nitrogens with two attached hydrogens (primary N) is 1. The van der Waals surface area contributed by atoms with Crippen LogP contribution in [0.4, 0.5) is 5.69 Å². The van der Waals surface area contributed by atoms with Gasteiger partial charge in [-0.25, -0.2) is 0 Å². The zero-order valence-corrected chi connectivity index (χ0v) is 10.2. The Morgan fingerprint density at radius 2 is 2.18 bits per heavy atom. The molecule has 0 atom stereocenters. The van der Waals surface area contributed by atoms with Crippen LogP contribution in [0.5, 0.6) is 0 Å². The van der Waals surface area contributed by atoms with E-state index in [-0.39, 0.29) is 5.91 Å². The van der Waals surface area contributed by atoms with Crippen LogP contribution in [0.3, 0.4) is 0 Å². The fraction of sp³-hybridized carbons (Fsp3) is 0.214. The number of rotatable bonds is 4. The zero-order valence-electron chi connectivity index (χ0n) is 10.2. The number of nitrogens with one attached hydrogen (secondary N) is 1. The molecule has 1 aromatic rings. The molecule has 3 N–H and O–H groups in total. The lowest BCUT2D eigenvalue weighted by Gasteiger charge is -1.98. The van der Waals surface area contributed by atoms with Crippen LogP contribution in [0.1, 0.15) is 19.4 Å². The summed E-state index contributed by atoms with van der Waals surface area (Å²) in [6.45, 7) is 4.55. The normalized spacial score (nSPS) is 10.2. The van der Waals surface area contributed by atoms with E-state index < -0.39 is 0 Å². The average molecular weight is 230 g/mol. The van der Waals surface area contributed by atoms with Crippen molar-refractivity contribution in [1.82, 2.24) is 5.32 Å². The highest BCUT2D eigenvalue weighted by molar-refractivity contribution is 5.91. The predicted octanol–water partition coefficient (Wildman–Crippen LogP) is 2.36. The minimum absolute atomic E-state index is 0.107. The molecule has 0 aliphatic heterocycles. The fourth-order valence-corrected chi connectivity index (χ4v) is 1.25. The molecule has 0 aliphatic carbocycles. The van der Waals surface area contributed by atoms with E-state index in [9.17, 15) is 4.79 Å². The van der Waals surface area contributed by atoms with Crippen LogP contribution in [0, 0.1) is 0 Å². The molecule has 0 saturated heterocycles. The second-order valence-electron chi connectivity index (χ2n) is 4.03. The largest absolute Gasteiger partial charge is 0.399 e. The SMILES string of the molecule is CC(C)=CCNC(=O)/C=C/c1cccc(N)c1. The van der Waals surface area contributed by atoms with E-state index in [4.69, 9.17) is 5.73 Å². The number of carbonyl (C=O) groups is 1. The molecule has 1 aromatic carbocycles. The molecule has 0 heterocycles. The lowest BCUT2D eigenvalue weighted by Crippen LogP contribution is -2.20. The van der Waals surface area contributed by atoms with Gasteiger partial charge in [0, 0.05) is 18.3 Å². The van der Waals surface area contributed by atoms with Gasteiger partial charge in [-0.3, -0.25) is 4.79 Å². The van der Waals surface area contributed by atoms with E-state index in [0.29, 0.717) is 12.2 Å². The van der Waals surface area contributed by atoms with Gasteiger partial charge in [0.05, 0.1) is 0 Å². The third kappa shape index (κ3) is 5.56. The monoisotopic (exact) mass is 230 g/mol. The van der Waals surface area contributed by atoms with Crippen molar-refractivity contribution >= 4 is 17.7 Å². The Morgan fingerprint density at radius 1 is 1.41 bits per heavy atom. The number of allylic oxidation sites excluding steroid dienone is 1. The highest BCUT2D eigenvalue weighted by Gasteiger charge is 1.93. The summed E-state index contributed by atoms with van der Waals surface area (Å²) in [6, 6.07) is 7.39. The van der Waals surface area contributed by atoms with E-state index in [1.165, 1.54) is 11.6 Å². The van der Waals surface area contributed by atoms with Gasteiger partial charge in [0.2, 0.25) is 5.91 Å². The molecule has 17 heavy (non-hydrogen) atoms. The van der Waals surface area contributed by atoms with Gasteiger partial charge in [-0.05, 0) is 37.6 Å². The quantitative estimate of drug-likeness (QED) is 0.474. The Morgan fingerprint density at radius 3 is 2.82 bits per heavy atom. The summed E-state index contributed by atoms with van der Waals surface area (Å²) >= 11 is 0. The maximum absolute atomic E-state index is 11.4. The number of amides is 1. The molecule has 3 heteroatoms. The molecular weight excluding hydrogens is 212 g/mol. The average Bonchev–Trinajstić information content (AvgIpc) is 2.26. The van der Waals surface area contributed by atoms with Crippen molar-refractivity contribution in [3.63, 3.8) is 0 Å². The molecule has 3 nitrogen and oxygen atoms in total. The standard InChI is InChI=1S/C14H18N2O/c1-11(2)8-9-16-14(17)7-6-12-4-3-5-13(15)10-12/h3-8,10H,9,15H2,1-2H3,(H,16,17)/b7-6+. The van der Waals surface area contributed by atoms with Crippen LogP contribution in [-0.4, -0.2) is 12.5 Å². The van der Waals surface area contributed by atoms with Crippen LogP contribution >= 0.6 is 0 Å². The number of benzene rings is 1. The van der Waals surface area contributed by atoms with Crippen molar-refractivity contribution in [2.75, 3.05) is 12.3 Å². The molecule has 90 valence electrons. The highest BCUT2D eigenvalue weighted by Crippen LogP contribution is 2.07. The van der Waals surface area contributed by atoms with E-state index in [1.54, 1.807) is 6.08 Å². The van der Waals surface area contributed by atoms with E-state index >= 15 is 0 Å². The maximum Gasteiger partial charge on any atom is 0.244 e. The second-order valence-corrected chi connectivity index (χ2v) is 4.03. The van der Waals surface area contributed by atoms with Crippen LogP contribution in [0.25, 0.3) is 6.08 Å². The molecule has 0 aromatic heterocycles. The topological polar surface area (TPSA) is 55.1 Å². The van der Waals surface area contributed by atoms with Gasteiger partial charge in [-0.2, -0.15) is 0 Å². The zero-order chi connectivity index (χ0) is 12.7. The maximum atomic E-state index is 11.4. The minimum atomic E-state index is -0.107. The Kier molecular flexibility index (Phi) is 5.01. The van der Waals surface area contributed by atoms with Gasteiger partial charge in [0.25, 0.3) is 0 Å². The van der Waals surface area contributed by atoms with Gasteiger partial charge in [-0.15, -0.1) is 0 Å². The van der Waals surface area contributed by atoms with E-state index in [0.717, 1.165) is 5.56 Å². The molecule has 0 spiro atoms. The van der Waals surface area contributed by atoms with Crippen molar-refractivity contribution in [1.29, 1.82) is 0 Å². The summed E-state index contributed by atoms with van der Waals surface area (Å²) in [5.41, 5.74) is 8.43. The van der Waals surface area contributed by atoms with Crippen LogP contribution in [0.15, 0.2) is 42.0 Å². The molecule has 0 unspecified atom stereocenters. The number of anilines is 1. The van der Waals surface area contributed by atoms with Gasteiger partial charge >= 0.3 is 0 Å². The number of hydrogen-bond acceptors (Lipinski definition) is 2. The van der Waals surface area contributed by atoms with E-state index in [1.807, 2.05) is 44.2 Å². The molecule has 1 amide bonds. The summed E-state index contributed by atoms with van der Waals surface area (Å²) in [5.74, 6) is -0.107. The number of hydrogen-bond donors (Lipinski definition) is 2. The third-order valence-corrected chi connectivity index (χ3v) is 2.12. The highest BCUT2D eigenvalue weighted by atomic mass is 16.1. The van der Waals surface area contributed by atoms with Crippen molar-refractivity contribution < 1.29 is 4.79 Å². The summed E-state index contributed by atoms with van der Waals surface area (Å²) in [7, 11) is 0. The summed E-state index contributed by atoms with van der Waals surface area (Å²) in [6.07, 6.45) is 5.22. The molecule has 0 bridgehead atoms. The smallest absolute Gasteiger partial charge is 0.244 e. The molecule has 0 saturated carbocycles. The molecule has 0 fully saturated rings. The van der Waals surface area contributed by atoms with Gasteiger partial charge in [0.15, 0.2) is 0 Å². The first-order valence-electron chi connectivity index (χ1n) is 5.53. The predicted molar refractivity (Wildman–Crippen MR) is 72.3 cm³/mol. The number of carbonyl (C=O) groups excluding carboxylic acids is 1. The summed E-state index contributed by atoms with van der Waals surface area (Å²) in [5, 5.41) is 2.77. The molecular formula is C14H18N2O. The summed E-state index contributed by atoms with van der Waals surface area (Å²) < 4.78 is 0. The van der Waals surface area contributed by atoms with Crippen molar-refractivity contribution in [3.05, 3.63) is 47.6 Å². The van der Waals surface area contributed by atoms with Crippen molar-refractivity contribution in [3.8, 4) is 0 Å². The lowest BCUT2D eigenvalue weighted by molar-refractivity contribution is -0.116. The Hall–Kier alpha value is -2.03. The van der Waals surface area contributed by atoms with Gasteiger partial charge in [-0.1, -0.05) is 23.8 Å². The lowest BCUT2D eigenvalue weighted by atomic mass is 10.2. The van der Waals surface area contributed by atoms with Crippen molar-refractivity contribution in [2.24, 2.45) is 0 Å². The Bertz CT molecular complexity index is 443. The van der Waals surface area contributed by atoms with E-state index in [2.05, 4.69) is 5.32 Å².